The second-order valence-electron chi connectivity index (χ2n) is 6.54. The minimum atomic E-state index is -0.408. The van der Waals surface area contributed by atoms with Gasteiger partial charge in [-0.25, -0.2) is 4.98 Å². The Morgan fingerprint density at radius 2 is 2.12 bits per heavy atom. The van der Waals surface area contributed by atoms with E-state index in [2.05, 4.69) is 17.2 Å². The van der Waals surface area contributed by atoms with Gasteiger partial charge in [-0.2, -0.15) is 0 Å². The van der Waals surface area contributed by atoms with E-state index in [0.717, 1.165) is 22.6 Å². The van der Waals surface area contributed by atoms with Crippen LogP contribution in [0.25, 0.3) is 11.3 Å². The van der Waals surface area contributed by atoms with Gasteiger partial charge in [0.15, 0.2) is 5.13 Å². The Balaban J connectivity index is 1.53. The van der Waals surface area contributed by atoms with Crippen molar-refractivity contribution in [3.8, 4) is 11.3 Å². The van der Waals surface area contributed by atoms with E-state index in [1.165, 1.54) is 11.3 Å². The third kappa shape index (κ3) is 2.85. The van der Waals surface area contributed by atoms with Gasteiger partial charge in [0, 0.05) is 22.6 Å². The van der Waals surface area contributed by atoms with Gasteiger partial charge in [0.25, 0.3) is 0 Å². The number of nitrogens with one attached hydrogen (secondary N) is 1. The van der Waals surface area contributed by atoms with Crippen molar-refractivity contribution in [2.24, 2.45) is 0 Å². The molecular weight excluding hydrogens is 354 g/mol. The topological polar surface area (TPSA) is 62.3 Å². The number of thioether (sulfide) groups is 1. The van der Waals surface area contributed by atoms with Gasteiger partial charge in [-0.05, 0) is 20.3 Å². The van der Waals surface area contributed by atoms with Gasteiger partial charge in [-0.1, -0.05) is 30.3 Å². The molecule has 2 fully saturated rings. The van der Waals surface area contributed by atoms with Crippen LogP contribution < -0.4 is 5.32 Å². The summed E-state index contributed by atoms with van der Waals surface area (Å²) >= 11 is 3.17. The number of carbonyl (C=O) groups excluding carboxylic acids is 2. The summed E-state index contributed by atoms with van der Waals surface area (Å²) in [5.41, 5.74) is 1.93. The number of rotatable bonds is 3. The highest BCUT2D eigenvalue weighted by Crippen LogP contribution is 2.47. The van der Waals surface area contributed by atoms with Crippen LogP contribution in [0.15, 0.2) is 30.3 Å². The van der Waals surface area contributed by atoms with Gasteiger partial charge >= 0.3 is 0 Å². The molecule has 2 saturated heterocycles. The molecule has 2 aromatic rings. The lowest BCUT2D eigenvalue weighted by Gasteiger charge is -2.29. The van der Waals surface area contributed by atoms with Crippen LogP contribution in [0.4, 0.5) is 5.13 Å². The molecule has 1 aromatic heterocycles. The monoisotopic (exact) mass is 373 g/mol. The van der Waals surface area contributed by atoms with Crippen molar-refractivity contribution >= 4 is 40.0 Å². The van der Waals surface area contributed by atoms with Gasteiger partial charge < -0.3 is 10.2 Å². The Labute approximate surface area is 154 Å². The molecule has 2 amide bonds. The van der Waals surface area contributed by atoms with Crippen LogP contribution in [0.2, 0.25) is 0 Å². The fourth-order valence-electron chi connectivity index (χ4n) is 3.52. The van der Waals surface area contributed by atoms with Crippen LogP contribution in [0, 0.1) is 6.92 Å². The maximum Gasteiger partial charge on any atom is 0.249 e. The van der Waals surface area contributed by atoms with Gasteiger partial charge in [0.1, 0.15) is 6.04 Å². The van der Waals surface area contributed by atoms with Crippen LogP contribution in [0.3, 0.4) is 0 Å². The molecule has 7 heteroatoms. The first-order chi connectivity index (χ1) is 12.0. The summed E-state index contributed by atoms with van der Waals surface area (Å²) in [5, 5.41) is 3.52. The number of carbonyl (C=O) groups is 2. The first-order valence-electron chi connectivity index (χ1n) is 8.28. The quantitative estimate of drug-likeness (QED) is 0.894. The van der Waals surface area contributed by atoms with E-state index in [4.69, 9.17) is 0 Å². The fraction of sp³-hybridized carbons (Fsp3) is 0.389. The van der Waals surface area contributed by atoms with E-state index >= 15 is 0 Å². The van der Waals surface area contributed by atoms with Crippen molar-refractivity contribution in [3.05, 3.63) is 35.2 Å². The van der Waals surface area contributed by atoms with Crippen LogP contribution in [0.5, 0.6) is 0 Å². The molecular formula is C18H19N3O2S2. The molecule has 0 radical (unpaired) electrons. The first-order valence-corrected chi connectivity index (χ1v) is 10.1. The second-order valence-corrected chi connectivity index (χ2v) is 9.25. The van der Waals surface area contributed by atoms with E-state index in [1.807, 2.05) is 37.3 Å². The Bertz CT molecular complexity index is 836. The number of hydrogen-bond donors (Lipinski definition) is 1. The Morgan fingerprint density at radius 3 is 2.88 bits per heavy atom. The summed E-state index contributed by atoms with van der Waals surface area (Å²) in [6, 6.07) is 9.53. The minimum absolute atomic E-state index is 0.0768. The van der Waals surface area contributed by atoms with Gasteiger partial charge in [0.2, 0.25) is 11.8 Å². The largest absolute Gasteiger partial charge is 0.315 e. The summed E-state index contributed by atoms with van der Waals surface area (Å²) in [4.78, 5) is 32.1. The van der Waals surface area contributed by atoms with Crippen LogP contribution >= 0.6 is 23.1 Å². The number of fused-ring (bicyclic) bond motifs is 1. The number of anilines is 1. The van der Waals surface area contributed by atoms with E-state index < -0.39 is 6.04 Å². The molecule has 130 valence electrons. The summed E-state index contributed by atoms with van der Waals surface area (Å²) in [7, 11) is 0. The molecule has 0 aliphatic carbocycles. The van der Waals surface area contributed by atoms with Gasteiger partial charge in [0.05, 0.1) is 10.6 Å². The molecule has 0 bridgehead atoms. The molecule has 5 nitrogen and oxygen atoms in total. The maximum absolute atomic E-state index is 12.8. The number of benzene rings is 1. The van der Waals surface area contributed by atoms with Crippen molar-refractivity contribution in [1.82, 2.24) is 9.88 Å². The lowest BCUT2D eigenvalue weighted by atomic mass is 10.1. The van der Waals surface area contributed by atoms with Gasteiger partial charge in [-0.3, -0.25) is 9.59 Å². The lowest BCUT2D eigenvalue weighted by Crippen LogP contribution is -2.48. The fourth-order valence-corrected chi connectivity index (χ4v) is 5.79. The lowest BCUT2D eigenvalue weighted by molar-refractivity contribution is -0.135. The highest BCUT2D eigenvalue weighted by molar-refractivity contribution is 8.01. The minimum Gasteiger partial charge on any atom is -0.315 e. The Kier molecular flexibility index (Phi) is 4.08. The highest BCUT2D eigenvalue weighted by atomic mass is 32.2. The molecule has 4 rings (SSSR count). The first kappa shape index (κ1) is 16.6. The standard InChI is InChI=1S/C18H19N3O2S2/c1-11-15(12-6-4-3-5-7-12)19-17(25-11)20-16(23)13-10-24-18(2)9-8-14(22)21(13)18/h3-7,13H,8-10H2,1-2H3,(H,19,20,23)/t13-,18-/m1/s1. The number of aryl methyl sites for hydroxylation is 1. The molecule has 0 spiro atoms. The molecule has 2 aliphatic heterocycles. The number of aromatic nitrogens is 1. The summed E-state index contributed by atoms with van der Waals surface area (Å²) < 4.78 is 0. The molecule has 1 N–H and O–H groups in total. The van der Waals surface area contributed by atoms with Crippen LogP contribution in [-0.4, -0.2) is 38.4 Å². The van der Waals surface area contributed by atoms with E-state index in [0.29, 0.717) is 17.3 Å². The Morgan fingerprint density at radius 1 is 1.36 bits per heavy atom. The maximum atomic E-state index is 12.8. The van der Waals surface area contributed by atoms with E-state index in [9.17, 15) is 9.59 Å². The van der Waals surface area contributed by atoms with Crippen LogP contribution in [0.1, 0.15) is 24.6 Å². The second kappa shape index (κ2) is 6.14. The normalized spacial score (nSPS) is 25.3. The molecule has 0 unspecified atom stereocenters. The summed E-state index contributed by atoms with van der Waals surface area (Å²) in [6.07, 6.45) is 1.34. The molecule has 2 aliphatic rings. The highest BCUT2D eigenvalue weighted by Gasteiger charge is 2.52. The smallest absolute Gasteiger partial charge is 0.249 e. The Hall–Kier alpha value is -1.86. The zero-order chi connectivity index (χ0) is 17.6. The van der Waals surface area contributed by atoms with Crippen molar-refractivity contribution in [2.75, 3.05) is 11.1 Å². The van der Waals surface area contributed by atoms with Crippen molar-refractivity contribution in [2.45, 2.75) is 37.6 Å². The summed E-state index contributed by atoms with van der Waals surface area (Å²) in [5.74, 6) is 0.581. The SMILES string of the molecule is Cc1sc(NC(=O)[C@H]2CS[C@]3(C)CCC(=O)N23)nc1-c1ccccc1. The third-order valence-corrected chi connectivity index (χ3v) is 7.21. The average molecular weight is 374 g/mol. The number of thiazole rings is 1. The van der Waals surface area contributed by atoms with Gasteiger partial charge in [-0.15, -0.1) is 23.1 Å². The van der Waals surface area contributed by atoms with E-state index in [1.54, 1.807) is 16.7 Å². The number of hydrogen-bond acceptors (Lipinski definition) is 5. The zero-order valence-corrected chi connectivity index (χ0v) is 15.7. The molecule has 2 atom stereocenters. The molecule has 0 saturated carbocycles. The molecule has 1 aromatic carbocycles. The molecule has 25 heavy (non-hydrogen) atoms. The van der Waals surface area contributed by atoms with Crippen molar-refractivity contribution in [1.29, 1.82) is 0 Å². The zero-order valence-electron chi connectivity index (χ0n) is 14.1. The molecule has 3 heterocycles. The predicted molar refractivity (Wildman–Crippen MR) is 102 cm³/mol. The summed E-state index contributed by atoms with van der Waals surface area (Å²) in [6.45, 7) is 4.05. The third-order valence-electron chi connectivity index (χ3n) is 4.82. The number of nitrogens with zero attached hydrogens (tertiary/aromatic N) is 2. The van der Waals surface area contributed by atoms with Crippen molar-refractivity contribution in [3.63, 3.8) is 0 Å². The van der Waals surface area contributed by atoms with Crippen LogP contribution in [-0.2, 0) is 9.59 Å². The average Bonchev–Trinajstić information content (AvgIpc) is 3.22. The van der Waals surface area contributed by atoms with E-state index in [-0.39, 0.29) is 16.7 Å². The van der Waals surface area contributed by atoms with Crippen molar-refractivity contribution < 1.29 is 9.59 Å². The number of amides is 2. The predicted octanol–water partition coefficient (Wildman–Crippen LogP) is 3.51.